The van der Waals surface area contributed by atoms with Gasteiger partial charge in [0.15, 0.2) is 0 Å². The zero-order valence-electron chi connectivity index (χ0n) is 14.4. The standard InChI is InChI=1S/C18H16N8/c1-3-25-13(2)17(12-21-25)18-8-9-26(24-18)16-6-4-14(5-7-16)22-23-15(10-19)11-20/h4-9,12,22H,3H2,1-2H3. The second-order valence-corrected chi connectivity index (χ2v) is 5.45. The van der Waals surface area contributed by atoms with Crippen LogP contribution in [0.2, 0.25) is 0 Å². The second-order valence-electron chi connectivity index (χ2n) is 5.45. The van der Waals surface area contributed by atoms with Crippen LogP contribution in [0.3, 0.4) is 0 Å². The fourth-order valence-corrected chi connectivity index (χ4v) is 2.51. The molecule has 0 amide bonds. The molecule has 3 rings (SSSR count). The summed E-state index contributed by atoms with van der Waals surface area (Å²) in [6, 6.07) is 12.7. The minimum absolute atomic E-state index is 0.228. The predicted octanol–water partition coefficient (Wildman–Crippen LogP) is 2.88. The number of hydrogen-bond acceptors (Lipinski definition) is 6. The Balaban J connectivity index is 1.80. The van der Waals surface area contributed by atoms with E-state index < -0.39 is 0 Å². The first-order valence-corrected chi connectivity index (χ1v) is 7.99. The van der Waals surface area contributed by atoms with Gasteiger partial charge in [-0.2, -0.15) is 25.8 Å². The highest BCUT2D eigenvalue weighted by atomic mass is 15.3. The van der Waals surface area contributed by atoms with Crippen molar-refractivity contribution in [3.8, 4) is 29.1 Å². The summed E-state index contributed by atoms with van der Waals surface area (Å²) in [4.78, 5) is 0. The van der Waals surface area contributed by atoms with Crippen molar-refractivity contribution in [2.24, 2.45) is 5.10 Å². The molecule has 1 N–H and O–H groups in total. The van der Waals surface area contributed by atoms with Crippen molar-refractivity contribution in [1.29, 1.82) is 10.5 Å². The Morgan fingerprint density at radius 1 is 1.19 bits per heavy atom. The number of nitrogens with zero attached hydrogens (tertiary/aromatic N) is 7. The lowest BCUT2D eigenvalue weighted by Crippen LogP contribution is -1.99. The molecule has 0 atom stereocenters. The molecule has 1 aromatic carbocycles. The molecule has 8 nitrogen and oxygen atoms in total. The number of nitrogens with one attached hydrogen (secondary N) is 1. The molecule has 0 spiro atoms. The van der Waals surface area contributed by atoms with Gasteiger partial charge < -0.3 is 0 Å². The zero-order valence-corrected chi connectivity index (χ0v) is 14.4. The van der Waals surface area contributed by atoms with E-state index in [1.165, 1.54) is 0 Å². The van der Waals surface area contributed by atoms with Gasteiger partial charge in [0.2, 0.25) is 5.71 Å². The molecule has 3 aromatic rings. The quantitative estimate of drug-likeness (QED) is 0.565. The van der Waals surface area contributed by atoms with Gasteiger partial charge in [-0.15, -0.1) is 0 Å². The number of nitriles is 2. The van der Waals surface area contributed by atoms with Crippen LogP contribution in [-0.4, -0.2) is 25.3 Å². The summed E-state index contributed by atoms with van der Waals surface area (Å²) in [7, 11) is 0. The Morgan fingerprint density at radius 3 is 2.54 bits per heavy atom. The number of anilines is 1. The molecule has 0 radical (unpaired) electrons. The maximum absolute atomic E-state index is 8.67. The lowest BCUT2D eigenvalue weighted by atomic mass is 10.2. The second kappa shape index (κ2) is 7.32. The minimum atomic E-state index is -0.228. The van der Waals surface area contributed by atoms with Gasteiger partial charge in [0.25, 0.3) is 0 Å². The molecule has 26 heavy (non-hydrogen) atoms. The summed E-state index contributed by atoms with van der Waals surface area (Å²) in [5, 5.41) is 30.0. The van der Waals surface area contributed by atoms with E-state index in [0.717, 1.165) is 29.2 Å². The summed E-state index contributed by atoms with van der Waals surface area (Å²) in [6.45, 7) is 4.91. The van der Waals surface area contributed by atoms with Crippen LogP contribution in [0.5, 0.6) is 0 Å². The monoisotopic (exact) mass is 344 g/mol. The molecule has 8 heteroatoms. The van der Waals surface area contributed by atoms with Crippen LogP contribution < -0.4 is 5.43 Å². The Kier molecular flexibility index (Phi) is 4.77. The smallest absolute Gasteiger partial charge is 0.237 e. The molecule has 0 aliphatic rings. The van der Waals surface area contributed by atoms with E-state index in [-0.39, 0.29) is 5.71 Å². The molecule has 2 aromatic heterocycles. The molecular formula is C18H16N8. The summed E-state index contributed by atoms with van der Waals surface area (Å²) < 4.78 is 3.72. The highest BCUT2D eigenvalue weighted by molar-refractivity contribution is 6.10. The molecule has 0 aliphatic carbocycles. The number of hydrogen-bond donors (Lipinski definition) is 1. The molecule has 128 valence electrons. The highest BCUT2D eigenvalue weighted by Gasteiger charge is 2.11. The van der Waals surface area contributed by atoms with E-state index in [0.29, 0.717) is 5.69 Å². The normalized spacial score (nSPS) is 10.0. The number of rotatable bonds is 5. The van der Waals surface area contributed by atoms with Crippen LogP contribution in [0.4, 0.5) is 5.69 Å². The lowest BCUT2D eigenvalue weighted by Gasteiger charge is -2.04. The first-order valence-electron chi connectivity index (χ1n) is 7.99. The number of benzene rings is 1. The van der Waals surface area contributed by atoms with E-state index in [1.54, 1.807) is 29.0 Å². The molecule has 0 saturated carbocycles. The van der Waals surface area contributed by atoms with Crippen LogP contribution >= 0.6 is 0 Å². The third-order valence-electron chi connectivity index (χ3n) is 3.91. The fourth-order valence-electron chi connectivity index (χ4n) is 2.51. The van der Waals surface area contributed by atoms with Gasteiger partial charge in [-0.25, -0.2) is 4.68 Å². The highest BCUT2D eigenvalue weighted by Crippen LogP contribution is 2.22. The zero-order chi connectivity index (χ0) is 18.5. The van der Waals surface area contributed by atoms with Crippen LogP contribution in [0, 0.1) is 29.6 Å². The molecule has 0 saturated heterocycles. The summed E-state index contributed by atoms with van der Waals surface area (Å²) in [5.74, 6) is 0. The summed E-state index contributed by atoms with van der Waals surface area (Å²) >= 11 is 0. The average Bonchev–Trinajstić information content (AvgIpc) is 3.29. The number of aromatic nitrogens is 4. The molecular weight excluding hydrogens is 328 g/mol. The van der Waals surface area contributed by atoms with Crippen LogP contribution in [0.1, 0.15) is 12.6 Å². The predicted molar refractivity (Wildman–Crippen MR) is 97.5 cm³/mol. The largest absolute Gasteiger partial charge is 0.277 e. The average molecular weight is 344 g/mol. The van der Waals surface area contributed by atoms with Crippen LogP contribution in [-0.2, 0) is 6.54 Å². The summed E-state index contributed by atoms with van der Waals surface area (Å²) in [6.07, 6.45) is 3.72. The van der Waals surface area contributed by atoms with Crippen molar-refractivity contribution in [3.05, 3.63) is 48.4 Å². The summed E-state index contributed by atoms with van der Waals surface area (Å²) in [5.41, 5.74) is 6.96. The van der Waals surface area contributed by atoms with Gasteiger partial charge in [0, 0.05) is 24.0 Å². The van der Waals surface area contributed by atoms with Gasteiger partial charge in [-0.1, -0.05) is 0 Å². The SMILES string of the molecule is CCn1ncc(-c2ccn(-c3ccc(NN=C(C#N)C#N)cc3)n2)c1C. The van der Waals surface area contributed by atoms with Crippen LogP contribution in [0.25, 0.3) is 16.9 Å². The molecule has 0 unspecified atom stereocenters. The van der Waals surface area contributed by atoms with Crippen LogP contribution in [0.15, 0.2) is 47.8 Å². The van der Waals surface area contributed by atoms with Crippen molar-refractivity contribution >= 4 is 11.4 Å². The Morgan fingerprint density at radius 2 is 1.92 bits per heavy atom. The van der Waals surface area contributed by atoms with Gasteiger partial charge >= 0.3 is 0 Å². The number of hydrazone groups is 1. The Hall–Kier alpha value is -3.91. The van der Waals surface area contributed by atoms with Crippen molar-refractivity contribution in [1.82, 2.24) is 19.6 Å². The third-order valence-corrected chi connectivity index (χ3v) is 3.91. The van der Waals surface area contributed by atoms with Gasteiger partial charge in [0.05, 0.1) is 23.3 Å². The van der Waals surface area contributed by atoms with E-state index in [4.69, 9.17) is 10.5 Å². The third kappa shape index (κ3) is 3.30. The topological polar surface area (TPSA) is 108 Å². The maximum Gasteiger partial charge on any atom is 0.237 e. The van der Waals surface area contributed by atoms with E-state index >= 15 is 0 Å². The molecule has 0 fully saturated rings. The maximum atomic E-state index is 8.67. The van der Waals surface area contributed by atoms with Crippen molar-refractivity contribution < 1.29 is 0 Å². The van der Waals surface area contributed by atoms with E-state index in [2.05, 4.69) is 27.6 Å². The van der Waals surface area contributed by atoms with Crippen molar-refractivity contribution in [2.75, 3.05) is 5.43 Å². The Bertz CT molecular complexity index is 1010. The minimum Gasteiger partial charge on any atom is -0.277 e. The van der Waals surface area contributed by atoms with Gasteiger partial charge in [-0.3, -0.25) is 10.1 Å². The van der Waals surface area contributed by atoms with E-state index in [9.17, 15) is 0 Å². The lowest BCUT2D eigenvalue weighted by molar-refractivity contribution is 0.640. The molecule has 0 bridgehead atoms. The first-order chi connectivity index (χ1) is 12.7. The Labute approximate surface area is 150 Å². The van der Waals surface area contributed by atoms with Crippen molar-refractivity contribution in [3.63, 3.8) is 0 Å². The van der Waals surface area contributed by atoms with Gasteiger partial charge in [-0.05, 0) is 44.2 Å². The van der Waals surface area contributed by atoms with Gasteiger partial charge in [0.1, 0.15) is 12.1 Å². The fraction of sp³-hybridized carbons (Fsp3) is 0.167. The van der Waals surface area contributed by atoms with E-state index in [1.807, 2.05) is 42.2 Å². The molecule has 2 heterocycles. The first kappa shape index (κ1) is 16.9. The number of aryl methyl sites for hydroxylation is 1. The molecule has 0 aliphatic heterocycles. The van der Waals surface area contributed by atoms with Crippen molar-refractivity contribution in [2.45, 2.75) is 20.4 Å².